The smallest absolute Gasteiger partial charge is 0.320 e. The molecule has 5 aliphatic rings. The van der Waals surface area contributed by atoms with E-state index in [0.717, 1.165) is 60.9 Å². The summed E-state index contributed by atoms with van der Waals surface area (Å²) in [6.07, 6.45) is 3.32. The number of carbonyl (C=O) groups excluding carboxylic acids is 5. The van der Waals surface area contributed by atoms with Crippen molar-refractivity contribution >= 4 is 52.2 Å². The summed E-state index contributed by atoms with van der Waals surface area (Å²) in [5, 5.41) is 7.97. The number of rotatable bonds is 7. The number of ether oxygens (including phenoxy) is 1. The summed E-state index contributed by atoms with van der Waals surface area (Å²) in [7, 11) is 0. The van der Waals surface area contributed by atoms with Gasteiger partial charge in [-0.05, 0) is 73.9 Å². The highest BCUT2D eigenvalue weighted by Crippen LogP contribution is 2.36. The van der Waals surface area contributed by atoms with Gasteiger partial charge in [-0.15, -0.1) is 0 Å². The molecule has 17 heteroatoms. The molecular weight excluding hydrogens is 767 g/mol. The molecule has 10 rings (SSSR count). The normalized spacial score (nSPS) is 21.3. The fourth-order valence-corrected chi connectivity index (χ4v) is 9.13. The van der Waals surface area contributed by atoms with E-state index in [0.29, 0.717) is 54.5 Å². The summed E-state index contributed by atoms with van der Waals surface area (Å²) in [4.78, 5) is 82.9. The molecule has 6 amide bonds. The number of urea groups is 1. The molecule has 17 nitrogen and oxygen atoms in total. The van der Waals surface area contributed by atoms with Gasteiger partial charge in [0.15, 0.2) is 5.65 Å². The van der Waals surface area contributed by atoms with Crippen molar-refractivity contribution in [1.82, 2.24) is 44.7 Å². The van der Waals surface area contributed by atoms with Crippen LogP contribution in [0.2, 0.25) is 0 Å². The summed E-state index contributed by atoms with van der Waals surface area (Å²) < 4.78 is 7.91. The van der Waals surface area contributed by atoms with Crippen LogP contribution in [0.4, 0.5) is 16.3 Å². The number of hydrogen-bond donors (Lipinski definition) is 2. The van der Waals surface area contributed by atoms with Crippen LogP contribution in [0, 0.1) is 0 Å². The van der Waals surface area contributed by atoms with Crippen LogP contribution in [0.1, 0.15) is 52.4 Å². The van der Waals surface area contributed by atoms with Gasteiger partial charge in [0.05, 0.1) is 22.6 Å². The number of aromatic nitrogens is 4. The largest absolute Gasteiger partial charge is 0.457 e. The maximum Gasteiger partial charge on any atom is 0.320 e. The Hall–Kier alpha value is -6.88. The number of imide groups is 2. The molecule has 7 heterocycles. The lowest BCUT2D eigenvalue weighted by atomic mass is 10.0. The van der Waals surface area contributed by atoms with Crippen molar-refractivity contribution in [2.24, 2.45) is 0 Å². The van der Waals surface area contributed by atoms with E-state index in [1.54, 1.807) is 12.1 Å². The third-order valence-electron chi connectivity index (χ3n) is 12.4. The van der Waals surface area contributed by atoms with Gasteiger partial charge in [-0.1, -0.05) is 18.2 Å². The van der Waals surface area contributed by atoms with Crippen molar-refractivity contribution < 1.29 is 28.7 Å². The Morgan fingerprint density at radius 3 is 2.27 bits per heavy atom. The number of hydrogen-bond acceptors (Lipinski definition) is 12. The van der Waals surface area contributed by atoms with Crippen molar-refractivity contribution in [3.05, 3.63) is 90.3 Å². The Balaban J connectivity index is 0.753. The second-order valence-electron chi connectivity index (χ2n) is 16.0. The standard InChI is InChI=1S/C43H43N11O6/c44-38-36-37(26-8-11-31(12-9-26)60-30-6-2-1-3-7-30)48-54(39(36)46-25-45-38)28-5-4-16-51(22-28)43(59)52-23-29(24-52)50-19-17-49(18-20-50)27-10-13-32-33(21-27)42(58)53(41(32)57)34-14-15-35(55)47-40(34)56/h1-3,6-13,21,25,28-29,34H,4-5,14-20,22-24H2,(H2,44,45,46)(H,47,55,56)/t28-,34?/m1/s1. The summed E-state index contributed by atoms with van der Waals surface area (Å²) in [5.74, 6) is -0.258. The molecule has 4 fully saturated rings. The van der Waals surface area contributed by atoms with E-state index in [1.165, 1.54) is 6.33 Å². The minimum Gasteiger partial charge on any atom is -0.457 e. The molecule has 0 spiro atoms. The molecule has 306 valence electrons. The Morgan fingerprint density at radius 1 is 0.767 bits per heavy atom. The molecule has 0 bridgehead atoms. The topological polar surface area (TPSA) is 192 Å². The van der Waals surface area contributed by atoms with E-state index in [2.05, 4.69) is 25.1 Å². The summed E-state index contributed by atoms with van der Waals surface area (Å²) in [5.41, 5.74) is 9.99. The highest BCUT2D eigenvalue weighted by molar-refractivity contribution is 6.23. The molecule has 1 unspecified atom stereocenters. The second kappa shape index (κ2) is 15.1. The SMILES string of the molecule is Nc1ncnc2c1c(-c1ccc(Oc3ccccc3)cc1)nn2[C@@H]1CCCN(C(=O)N2CC(N3CCN(c4ccc5c(c4)C(=O)N(C4CCC(=O)NC4=O)C5=O)CC3)C2)C1. The number of para-hydroxylation sites is 1. The van der Waals surface area contributed by atoms with Crippen LogP contribution in [0.15, 0.2) is 79.1 Å². The fraction of sp³-hybridized carbons (Fsp3) is 0.349. The second-order valence-corrected chi connectivity index (χ2v) is 16.0. The number of piperidine rings is 2. The minimum atomic E-state index is -0.996. The van der Waals surface area contributed by atoms with Gasteiger partial charge in [-0.2, -0.15) is 5.10 Å². The van der Waals surface area contributed by atoms with Crippen LogP contribution in [-0.4, -0.2) is 133 Å². The molecule has 0 aliphatic carbocycles. The maximum atomic E-state index is 13.9. The first-order valence-electron chi connectivity index (χ1n) is 20.4. The monoisotopic (exact) mass is 809 g/mol. The lowest BCUT2D eigenvalue weighted by Crippen LogP contribution is -2.66. The number of fused-ring (bicyclic) bond motifs is 2. The molecule has 5 aliphatic heterocycles. The number of carbonyl (C=O) groups is 5. The van der Waals surface area contributed by atoms with E-state index in [1.807, 2.05) is 75.1 Å². The zero-order valence-electron chi connectivity index (χ0n) is 32.8. The third-order valence-corrected chi connectivity index (χ3v) is 12.4. The molecule has 4 saturated heterocycles. The molecular formula is C43H43N11O6. The molecule has 5 aromatic rings. The number of benzene rings is 3. The number of nitrogens with one attached hydrogen (secondary N) is 1. The van der Waals surface area contributed by atoms with Gasteiger partial charge < -0.3 is 25.2 Å². The molecule has 3 aromatic carbocycles. The lowest BCUT2D eigenvalue weighted by molar-refractivity contribution is -0.136. The fourth-order valence-electron chi connectivity index (χ4n) is 9.13. The number of nitrogens with zero attached hydrogens (tertiary/aromatic N) is 9. The lowest BCUT2D eigenvalue weighted by Gasteiger charge is -2.49. The van der Waals surface area contributed by atoms with Gasteiger partial charge in [0.25, 0.3) is 11.8 Å². The molecule has 2 aromatic heterocycles. The van der Waals surface area contributed by atoms with Crippen LogP contribution in [0.25, 0.3) is 22.3 Å². The summed E-state index contributed by atoms with van der Waals surface area (Å²) in [6.45, 7) is 5.47. The maximum absolute atomic E-state index is 13.9. The number of piperazine rings is 1. The Labute approximate surface area is 344 Å². The van der Waals surface area contributed by atoms with E-state index in [4.69, 9.17) is 15.6 Å². The van der Waals surface area contributed by atoms with Gasteiger partial charge in [0.1, 0.15) is 35.4 Å². The van der Waals surface area contributed by atoms with E-state index in [-0.39, 0.29) is 42.1 Å². The van der Waals surface area contributed by atoms with Crippen molar-refractivity contribution in [3.8, 4) is 22.8 Å². The van der Waals surface area contributed by atoms with Gasteiger partial charge in [0.2, 0.25) is 11.8 Å². The molecule has 2 atom stereocenters. The number of anilines is 2. The van der Waals surface area contributed by atoms with Crippen LogP contribution in [-0.2, 0) is 9.59 Å². The van der Waals surface area contributed by atoms with Gasteiger partial charge in [-0.25, -0.2) is 19.4 Å². The van der Waals surface area contributed by atoms with Gasteiger partial charge in [0, 0.05) is 76.1 Å². The van der Waals surface area contributed by atoms with E-state index < -0.39 is 29.7 Å². The predicted octanol–water partition coefficient (Wildman–Crippen LogP) is 3.53. The Morgan fingerprint density at radius 2 is 1.50 bits per heavy atom. The molecule has 0 radical (unpaired) electrons. The quantitative estimate of drug-likeness (QED) is 0.228. The highest BCUT2D eigenvalue weighted by atomic mass is 16.5. The zero-order valence-corrected chi connectivity index (χ0v) is 32.8. The van der Waals surface area contributed by atoms with Crippen LogP contribution >= 0.6 is 0 Å². The Kier molecular flexibility index (Phi) is 9.38. The van der Waals surface area contributed by atoms with E-state index >= 15 is 0 Å². The predicted molar refractivity (Wildman–Crippen MR) is 219 cm³/mol. The number of nitrogens with two attached hydrogens (primary N) is 1. The summed E-state index contributed by atoms with van der Waals surface area (Å²) in [6, 6.07) is 21.7. The first-order valence-corrected chi connectivity index (χ1v) is 20.4. The first-order chi connectivity index (χ1) is 29.2. The van der Waals surface area contributed by atoms with Crippen molar-refractivity contribution in [3.63, 3.8) is 0 Å². The van der Waals surface area contributed by atoms with Gasteiger partial charge in [-0.3, -0.25) is 34.3 Å². The van der Waals surface area contributed by atoms with Crippen molar-refractivity contribution in [2.45, 2.75) is 43.8 Å². The third kappa shape index (κ3) is 6.63. The number of amides is 6. The zero-order chi connectivity index (χ0) is 41.1. The van der Waals surface area contributed by atoms with Crippen LogP contribution in [0.5, 0.6) is 11.5 Å². The summed E-state index contributed by atoms with van der Waals surface area (Å²) >= 11 is 0. The molecule has 3 N–H and O–H groups in total. The number of likely N-dealkylation sites (tertiary alicyclic amines) is 2. The average Bonchev–Trinajstić information content (AvgIpc) is 3.76. The van der Waals surface area contributed by atoms with E-state index in [9.17, 15) is 24.0 Å². The molecule has 60 heavy (non-hydrogen) atoms. The molecule has 0 saturated carbocycles. The van der Waals surface area contributed by atoms with Crippen LogP contribution in [0.3, 0.4) is 0 Å². The average molecular weight is 810 g/mol. The van der Waals surface area contributed by atoms with Crippen molar-refractivity contribution in [2.75, 3.05) is 63.0 Å². The Bertz CT molecular complexity index is 2530. The first kappa shape index (κ1) is 37.4. The van der Waals surface area contributed by atoms with Crippen molar-refractivity contribution in [1.29, 1.82) is 0 Å². The number of nitrogen functional groups attached to an aromatic ring is 1. The van der Waals surface area contributed by atoms with Crippen LogP contribution < -0.4 is 20.7 Å². The minimum absolute atomic E-state index is 0.0260. The highest BCUT2D eigenvalue weighted by Gasteiger charge is 2.45. The van der Waals surface area contributed by atoms with Gasteiger partial charge >= 0.3 is 6.03 Å².